The van der Waals surface area contributed by atoms with E-state index in [4.69, 9.17) is 4.74 Å². The number of methoxy groups -OCH3 is 1. The van der Waals surface area contributed by atoms with Crippen LogP contribution in [0, 0.1) is 0 Å². The first-order valence-corrected chi connectivity index (χ1v) is 7.60. The van der Waals surface area contributed by atoms with E-state index in [-0.39, 0.29) is 0 Å². The summed E-state index contributed by atoms with van der Waals surface area (Å²) in [4.78, 5) is 4.53. The first kappa shape index (κ1) is 13.1. The minimum Gasteiger partial charge on any atom is -0.497 e. The Kier molecular flexibility index (Phi) is 2.61. The Morgan fingerprint density at radius 2 is 1.75 bits per heavy atom. The Bertz CT molecular complexity index is 1190. The second-order valence-corrected chi connectivity index (χ2v) is 5.54. The number of ether oxygens (including phenoxy) is 1. The molecule has 24 heavy (non-hydrogen) atoms. The average Bonchev–Trinajstić information content (AvgIpc) is 3.29. The molecule has 0 aliphatic heterocycles. The Hall–Kier alpha value is -3.41. The van der Waals surface area contributed by atoms with E-state index in [2.05, 4.69) is 25.8 Å². The third-order valence-electron chi connectivity index (χ3n) is 4.26. The summed E-state index contributed by atoms with van der Waals surface area (Å²) in [6.45, 7) is 0. The molecular formula is C18H13N5O. The van der Waals surface area contributed by atoms with Gasteiger partial charge < -0.3 is 4.74 Å². The van der Waals surface area contributed by atoms with E-state index in [0.29, 0.717) is 0 Å². The second-order valence-electron chi connectivity index (χ2n) is 5.54. The van der Waals surface area contributed by atoms with Crippen molar-refractivity contribution < 1.29 is 4.74 Å². The molecule has 0 N–H and O–H groups in total. The van der Waals surface area contributed by atoms with Crippen molar-refractivity contribution in [3.63, 3.8) is 0 Å². The van der Waals surface area contributed by atoms with Crippen molar-refractivity contribution >= 4 is 22.2 Å². The van der Waals surface area contributed by atoms with Crippen molar-refractivity contribution in [3.8, 4) is 17.0 Å². The third-order valence-corrected chi connectivity index (χ3v) is 4.26. The third kappa shape index (κ3) is 1.68. The van der Waals surface area contributed by atoms with E-state index >= 15 is 0 Å². The molecule has 0 bridgehead atoms. The lowest BCUT2D eigenvalue weighted by molar-refractivity contribution is 0.415. The van der Waals surface area contributed by atoms with Crippen molar-refractivity contribution in [2.45, 2.75) is 0 Å². The number of fused-ring (bicyclic) bond motifs is 6. The number of benzene rings is 2. The molecule has 0 aliphatic rings. The summed E-state index contributed by atoms with van der Waals surface area (Å²) in [5.41, 5.74) is 5.55. The standard InChI is InChI=1S/C18H13N5O/c1-24-13-8-6-12(7-9-13)16-17-18-19-10-11-22(18)14-4-2-3-5-15(14)23(17)21-20-16/h2-11H,1H3. The highest BCUT2D eigenvalue weighted by atomic mass is 16.5. The molecule has 0 amide bonds. The van der Waals surface area contributed by atoms with Crippen LogP contribution in [0.2, 0.25) is 0 Å². The first-order chi connectivity index (χ1) is 11.9. The van der Waals surface area contributed by atoms with Crippen molar-refractivity contribution in [1.29, 1.82) is 0 Å². The van der Waals surface area contributed by atoms with Gasteiger partial charge in [-0.25, -0.2) is 9.50 Å². The number of aromatic nitrogens is 5. The van der Waals surface area contributed by atoms with E-state index < -0.39 is 0 Å². The van der Waals surface area contributed by atoms with Crippen LogP contribution in [0.5, 0.6) is 5.75 Å². The second kappa shape index (κ2) is 4.79. The lowest BCUT2D eigenvalue weighted by atomic mass is 10.1. The maximum absolute atomic E-state index is 5.23. The molecule has 0 radical (unpaired) electrons. The molecule has 3 aromatic heterocycles. The zero-order valence-electron chi connectivity index (χ0n) is 12.9. The predicted octanol–water partition coefficient (Wildman–Crippen LogP) is 3.21. The van der Waals surface area contributed by atoms with Crippen LogP contribution in [0.1, 0.15) is 0 Å². The lowest BCUT2D eigenvalue weighted by Crippen LogP contribution is -1.97. The zero-order valence-corrected chi connectivity index (χ0v) is 12.9. The van der Waals surface area contributed by atoms with Crippen molar-refractivity contribution in [2.75, 3.05) is 7.11 Å². The van der Waals surface area contributed by atoms with Crippen LogP contribution in [0.25, 0.3) is 33.5 Å². The largest absolute Gasteiger partial charge is 0.497 e. The van der Waals surface area contributed by atoms with Crippen LogP contribution < -0.4 is 4.74 Å². The first-order valence-electron chi connectivity index (χ1n) is 7.60. The van der Waals surface area contributed by atoms with Gasteiger partial charge in [0.15, 0.2) is 5.65 Å². The van der Waals surface area contributed by atoms with Gasteiger partial charge >= 0.3 is 0 Å². The average molecular weight is 315 g/mol. The molecule has 0 atom stereocenters. The maximum atomic E-state index is 5.23. The van der Waals surface area contributed by atoms with E-state index in [9.17, 15) is 0 Å². The van der Waals surface area contributed by atoms with Gasteiger partial charge in [-0.2, -0.15) is 0 Å². The van der Waals surface area contributed by atoms with Crippen LogP contribution in [-0.2, 0) is 0 Å². The summed E-state index contributed by atoms with van der Waals surface area (Å²) in [6.07, 6.45) is 3.76. The monoisotopic (exact) mass is 315 g/mol. The smallest absolute Gasteiger partial charge is 0.165 e. The molecule has 6 heteroatoms. The van der Waals surface area contributed by atoms with E-state index in [1.807, 2.05) is 53.2 Å². The molecule has 3 heterocycles. The number of hydrogen-bond acceptors (Lipinski definition) is 4. The van der Waals surface area contributed by atoms with Crippen molar-refractivity contribution in [1.82, 2.24) is 24.2 Å². The molecular weight excluding hydrogens is 302 g/mol. The molecule has 0 fully saturated rings. The quantitative estimate of drug-likeness (QED) is 0.502. The van der Waals surface area contributed by atoms with Gasteiger partial charge in [-0.15, -0.1) is 5.10 Å². The molecule has 0 saturated heterocycles. The van der Waals surface area contributed by atoms with Crippen LogP contribution >= 0.6 is 0 Å². The molecule has 116 valence electrons. The molecule has 0 saturated carbocycles. The van der Waals surface area contributed by atoms with Crippen molar-refractivity contribution in [2.24, 2.45) is 0 Å². The van der Waals surface area contributed by atoms with Crippen LogP contribution in [0.4, 0.5) is 0 Å². The number of nitrogens with zero attached hydrogens (tertiary/aromatic N) is 5. The molecule has 6 nitrogen and oxygen atoms in total. The number of para-hydroxylation sites is 2. The summed E-state index contributed by atoms with van der Waals surface area (Å²) in [5, 5.41) is 8.80. The van der Waals surface area contributed by atoms with E-state index in [0.717, 1.165) is 39.2 Å². The van der Waals surface area contributed by atoms with Gasteiger partial charge in [0.25, 0.3) is 0 Å². The molecule has 0 aliphatic carbocycles. The fourth-order valence-electron chi connectivity index (χ4n) is 3.11. The SMILES string of the molecule is COc1ccc(-c2nnn3c4ccccc4n4ccnc4c23)cc1. The molecule has 2 aromatic carbocycles. The normalized spacial score (nSPS) is 11.5. The summed E-state index contributed by atoms with van der Waals surface area (Å²) in [5.74, 6) is 0.812. The lowest BCUT2D eigenvalue weighted by Gasteiger charge is -2.06. The highest BCUT2D eigenvalue weighted by molar-refractivity contribution is 5.94. The highest BCUT2D eigenvalue weighted by Crippen LogP contribution is 2.29. The predicted molar refractivity (Wildman–Crippen MR) is 91.2 cm³/mol. The van der Waals surface area contributed by atoms with Crippen LogP contribution in [-0.4, -0.2) is 31.3 Å². The Balaban J connectivity index is 1.91. The van der Waals surface area contributed by atoms with Gasteiger partial charge in [0, 0.05) is 18.0 Å². The summed E-state index contributed by atoms with van der Waals surface area (Å²) in [6, 6.07) is 15.9. The summed E-state index contributed by atoms with van der Waals surface area (Å²) in [7, 11) is 1.66. The highest BCUT2D eigenvalue weighted by Gasteiger charge is 2.17. The molecule has 5 aromatic rings. The molecule has 0 spiro atoms. The fourth-order valence-corrected chi connectivity index (χ4v) is 3.11. The fraction of sp³-hybridized carbons (Fsp3) is 0.0556. The van der Waals surface area contributed by atoms with Gasteiger partial charge in [-0.3, -0.25) is 4.40 Å². The minimum atomic E-state index is 0.805. The Morgan fingerprint density at radius 3 is 2.54 bits per heavy atom. The van der Waals surface area contributed by atoms with Gasteiger partial charge in [0.2, 0.25) is 0 Å². The molecule has 5 rings (SSSR count). The van der Waals surface area contributed by atoms with Crippen LogP contribution in [0.15, 0.2) is 60.9 Å². The van der Waals surface area contributed by atoms with Gasteiger partial charge in [-0.1, -0.05) is 17.3 Å². The zero-order chi connectivity index (χ0) is 16.1. The van der Waals surface area contributed by atoms with Gasteiger partial charge in [0.05, 0.1) is 18.1 Å². The Labute approximate surface area is 136 Å². The topological polar surface area (TPSA) is 56.7 Å². The van der Waals surface area contributed by atoms with E-state index in [1.165, 1.54) is 0 Å². The number of hydrogen-bond donors (Lipinski definition) is 0. The van der Waals surface area contributed by atoms with E-state index in [1.54, 1.807) is 13.3 Å². The number of imidazole rings is 1. The van der Waals surface area contributed by atoms with Gasteiger partial charge in [0.1, 0.15) is 17.0 Å². The molecule has 0 unspecified atom stereocenters. The number of rotatable bonds is 2. The van der Waals surface area contributed by atoms with Crippen LogP contribution in [0.3, 0.4) is 0 Å². The minimum absolute atomic E-state index is 0.805. The maximum Gasteiger partial charge on any atom is 0.165 e. The Morgan fingerprint density at radius 1 is 0.958 bits per heavy atom. The summed E-state index contributed by atoms with van der Waals surface area (Å²) >= 11 is 0. The van der Waals surface area contributed by atoms with Crippen molar-refractivity contribution in [3.05, 3.63) is 60.9 Å². The summed E-state index contributed by atoms with van der Waals surface area (Å²) < 4.78 is 9.16. The van der Waals surface area contributed by atoms with Gasteiger partial charge in [-0.05, 0) is 36.4 Å².